The monoisotopic (exact) mass is 182 g/mol. The molecule has 2 atom stereocenters. The second-order valence-corrected chi connectivity index (χ2v) is 4.77. The quantitative estimate of drug-likeness (QED) is 0.627. The van der Waals surface area contributed by atoms with Crippen molar-refractivity contribution in [2.24, 2.45) is 5.41 Å². The fraction of sp³-hybridized carbons (Fsp3) is 0.909. The van der Waals surface area contributed by atoms with Gasteiger partial charge in [-0.1, -0.05) is 19.8 Å². The molecule has 0 radical (unpaired) electrons. The van der Waals surface area contributed by atoms with Gasteiger partial charge in [0.05, 0.1) is 0 Å². The Morgan fingerprint density at radius 1 is 1.54 bits per heavy atom. The van der Waals surface area contributed by atoms with Crippen molar-refractivity contribution in [1.29, 1.82) is 0 Å². The highest BCUT2D eigenvalue weighted by atomic mass is 16.6. The normalized spacial score (nSPS) is 42.5. The van der Waals surface area contributed by atoms with Crippen molar-refractivity contribution in [2.75, 3.05) is 0 Å². The lowest BCUT2D eigenvalue weighted by Gasteiger charge is -2.27. The highest BCUT2D eigenvalue weighted by Crippen LogP contribution is 2.66. The van der Waals surface area contributed by atoms with Crippen molar-refractivity contribution in [3.8, 4) is 0 Å². The van der Waals surface area contributed by atoms with Gasteiger partial charge < -0.3 is 4.74 Å². The zero-order valence-electron chi connectivity index (χ0n) is 8.56. The standard InChI is InChI=1S/C11H18O2/c1-3-4-6-11-7-5-9(12)13-10(11,2)8-11/h3-8H2,1-2H3/t10-,11+/m1/s1. The molecular formula is C11H18O2. The van der Waals surface area contributed by atoms with E-state index < -0.39 is 0 Å². The van der Waals surface area contributed by atoms with Gasteiger partial charge in [-0.25, -0.2) is 0 Å². The maximum absolute atomic E-state index is 11.1. The molecule has 1 aliphatic heterocycles. The summed E-state index contributed by atoms with van der Waals surface area (Å²) in [6.45, 7) is 4.31. The van der Waals surface area contributed by atoms with E-state index in [1.165, 1.54) is 19.3 Å². The molecule has 2 nitrogen and oxygen atoms in total. The molecule has 0 N–H and O–H groups in total. The van der Waals surface area contributed by atoms with Crippen LogP contribution in [0.5, 0.6) is 0 Å². The number of hydrogen-bond acceptors (Lipinski definition) is 2. The number of fused-ring (bicyclic) bond motifs is 1. The Balaban J connectivity index is 1.99. The largest absolute Gasteiger partial charge is 0.459 e. The minimum atomic E-state index is -0.0858. The van der Waals surface area contributed by atoms with Gasteiger partial charge in [-0.05, 0) is 26.2 Å². The molecule has 0 spiro atoms. The van der Waals surface area contributed by atoms with Gasteiger partial charge in [0.25, 0.3) is 0 Å². The molecule has 13 heavy (non-hydrogen) atoms. The minimum Gasteiger partial charge on any atom is -0.459 e. The first-order valence-corrected chi connectivity index (χ1v) is 5.34. The van der Waals surface area contributed by atoms with Crippen LogP contribution in [0.2, 0.25) is 0 Å². The number of carbonyl (C=O) groups excluding carboxylic acids is 1. The summed E-state index contributed by atoms with van der Waals surface area (Å²) in [6.07, 6.45) is 6.56. The molecule has 2 fully saturated rings. The van der Waals surface area contributed by atoms with Crippen molar-refractivity contribution in [2.45, 2.75) is 58.0 Å². The van der Waals surface area contributed by atoms with E-state index in [1.54, 1.807) is 0 Å². The van der Waals surface area contributed by atoms with Crippen LogP contribution < -0.4 is 0 Å². The average molecular weight is 182 g/mol. The maximum atomic E-state index is 11.1. The molecule has 0 aromatic rings. The molecule has 2 heteroatoms. The number of carbonyl (C=O) groups is 1. The zero-order valence-corrected chi connectivity index (χ0v) is 8.56. The van der Waals surface area contributed by atoms with Gasteiger partial charge in [0.15, 0.2) is 0 Å². The first-order valence-electron chi connectivity index (χ1n) is 5.34. The van der Waals surface area contributed by atoms with Crippen LogP contribution in [0.3, 0.4) is 0 Å². The van der Waals surface area contributed by atoms with E-state index in [4.69, 9.17) is 4.74 Å². The lowest BCUT2D eigenvalue weighted by Crippen LogP contribution is -2.30. The summed E-state index contributed by atoms with van der Waals surface area (Å²) < 4.78 is 5.41. The smallest absolute Gasteiger partial charge is 0.306 e. The van der Waals surface area contributed by atoms with Crippen molar-refractivity contribution in [3.63, 3.8) is 0 Å². The lowest BCUT2D eigenvalue weighted by molar-refractivity contribution is -0.158. The number of unbranched alkanes of at least 4 members (excludes halogenated alkanes) is 1. The Morgan fingerprint density at radius 2 is 2.31 bits per heavy atom. The predicted molar refractivity (Wildman–Crippen MR) is 50.3 cm³/mol. The SMILES string of the molecule is CCCC[C@@]12CCC(=O)O[C@]1(C)C2. The zero-order chi connectivity index (χ0) is 9.53. The Kier molecular flexibility index (Phi) is 1.90. The first-order chi connectivity index (χ1) is 6.12. The fourth-order valence-electron chi connectivity index (χ4n) is 2.74. The molecule has 1 aliphatic carbocycles. The second-order valence-electron chi connectivity index (χ2n) is 4.77. The van der Waals surface area contributed by atoms with E-state index in [9.17, 15) is 4.79 Å². The highest BCUT2D eigenvalue weighted by Gasteiger charge is 2.68. The van der Waals surface area contributed by atoms with Crippen LogP contribution in [0.25, 0.3) is 0 Å². The summed E-state index contributed by atoms with van der Waals surface area (Å²) in [4.78, 5) is 11.1. The molecule has 0 bridgehead atoms. The van der Waals surface area contributed by atoms with Gasteiger partial charge in [-0.2, -0.15) is 0 Å². The predicted octanol–water partition coefficient (Wildman–Crippen LogP) is 2.66. The third-order valence-corrected chi connectivity index (χ3v) is 3.83. The van der Waals surface area contributed by atoms with E-state index in [1.807, 2.05) is 0 Å². The van der Waals surface area contributed by atoms with Crippen LogP contribution in [0, 0.1) is 5.41 Å². The van der Waals surface area contributed by atoms with Crippen LogP contribution in [-0.4, -0.2) is 11.6 Å². The van der Waals surface area contributed by atoms with Gasteiger partial charge >= 0.3 is 5.97 Å². The van der Waals surface area contributed by atoms with Crippen LogP contribution in [0.4, 0.5) is 0 Å². The summed E-state index contributed by atoms with van der Waals surface area (Å²) in [6, 6.07) is 0. The molecule has 0 unspecified atom stereocenters. The molecule has 1 heterocycles. The molecule has 2 rings (SSSR count). The number of hydrogen-bond donors (Lipinski definition) is 0. The maximum Gasteiger partial charge on any atom is 0.306 e. The number of esters is 1. The van der Waals surface area contributed by atoms with Crippen molar-refractivity contribution in [1.82, 2.24) is 0 Å². The van der Waals surface area contributed by atoms with Crippen molar-refractivity contribution in [3.05, 3.63) is 0 Å². The van der Waals surface area contributed by atoms with Crippen LogP contribution in [0.1, 0.15) is 52.4 Å². The molecule has 74 valence electrons. The lowest BCUT2D eigenvalue weighted by atomic mass is 9.88. The van der Waals surface area contributed by atoms with Crippen LogP contribution >= 0.6 is 0 Å². The Bertz CT molecular complexity index is 236. The Morgan fingerprint density at radius 3 is 2.92 bits per heavy atom. The number of ether oxygens (including phenoxy) is 1. The highest BCUT2D eigenvalue weighted by molar-refractivity contribution is 5.72. The third kappa shape index (κ3) is 1.27. The molecule has 0 amide bonds. The first kappa shape index (κ1) is 9.04. The summed E-state index contributed by atoms with van der Waals surface area (Å²) >= 11 is 0. The summed E-state index contributed by atoms with van der Waals surface area (Å²) in [5, 5.41) is 0. The van der Waals surface area contributed by atoms with Gasteiger partial charge in [-0.15, -0.1) is 0 Å². The van der Waals surface area contributed by atoms with E-state index in [0.29, 0.717) is 11.8 Å². The summed E-state index contributed by atoms with van der Waals surface area (Å²) in [5.41, 5.74) is 0.286. The average Bonchev–Trinajstić information content (AvgIpc) is 2.67. The Hall–Kier alpha value is -0.530. The molecule has 0 aromatic heterocycles. The fourth-order valence-corrected chi connectivity index (χ4v) is 2.74. The third-order valence-electron chi connectivity index (χ3n) is 3.83. The van der Waals surface area contributed by atoms with Crippen LogP contribution in [0.15, 0.2) is 0 Å². The summed E-state index contributed by atoms with van der Waals surface area (Å²) in [5.74, 6) is 0.00660. The van der Waals surface area contributed by atoms with E-state index in [-0.39, 0.29) is 11.6 Å². The Labute approximate surface area is 79.7 Å². The van der Waals surface area contributed by atoms with E-state index in [0.717, 1.165) is 12.8 Å². The van der Waals surface area contributed by atoms with Gasteiger partial charge in [0.1, 0.15) is 5.60 Å². The molecule has 1 saturated carbocycles. The van der Waals surface area contributed by atoms with Gasteiger partial charge in [-0.3, -0.25) is 4.79 Å². The van der Waals surface area contributed by atoms with E-state index in [2.05, 4.69) is 13.8 Å². The second kappa shape index (κ2) is 2.73. The topological polar surface area (TPSA) is 26.3 Å². The van der Waals surface area contributed by atoms with Gasteiger partial charge in [0, 0.05) is 11.8 Å². The molecule has 0 aromatic carbocycles. The summed E-state index contributed by atoms with van der Waals surface area (Å²) in [7, 11) is 0. The van der Waals surface area contributed by atoms with E-state index >= 15 is 0 Å². The molecule has 2 aliphatic rings. The van der Waals surface area contributed by atoms with Crippen molar-refractivity contribution >= 4 is 5.97 Å². The van der Waals surface area contributed by atoms with Crippen LogP contribution in [-0.2, 0) is 9.53 Å². The molecular weight excluding hydrogens is 164 g/mol. The molecule has 1 saturated heterocycles. The van der Waals surface area contributed by atoms with Crippen molar-refractivity contribution < 1.29 is 9.53 Å². The minimum absolute atomic E-state index is 0.00660. The number of rotatable bonds is 3. The van der Waals surface area contributed by atoms with Gasteiger partial charge in [0.2, 0.25) is 0 Å².